The summed E-state index contributed by atoms with van der Waals surface area (Å²) in [6, 6.07) is 6.15. The van der Waals surface area contributed by atoms with Gasteiger partial charge in [-0.05, 0) is 56.7 Å². The molecular weight excluding hydrogens is 324 g/mol. The monoisotopic (exact) mass is 350 g/mol. The molecule has 1 aliphatic rings. The van der Waals surface area contributed by atoms with Crippen LogP contribution in [0.2, 0.25) is 0 Å². The van der Waals surface area contributed by atoms with Crippen LogP contribution in [0.25, 0.3) is 0 Å². The number of sulfonamides is 1. The Labute approximate surface area is 144 Å². The first-order chi connectivity index (χ1) is 11.5. The third-order valence-corrected chi connectivity index (χ3v) is 5.52. The van der Waals surface area contributed by atoms with E-state index >= 15 is 0 Å². The van der Waals surface area contributed by atoms with E-state index in [-0.39, 0.29) is 10.8 Å². The van der Waals surface area contributed by atoms with E-state index < -0.39 is 10.0 Å². The highest BCUT2D eigenvalue weighted by molar-refractivity contribution is 7.89. The van der Waals surface area contributed by atoms with Gasteiger partial charge in [0.1, 0.15) is 0 Å². The first-order valence-corrected chi connectivity index (χ1v) is 10.1. The van der Waals surface area contributed by atoms with Gasteiger partial charge in [0, 0.05) is 18.7 Å². The van der Waals surface area contributed by atoms with E-state index in [9.17, 15) is 13.2 Å². The van der Waals surface area contributed by atoms with Gasteiger partial charge in [0.25, 0.3) is 5.91 Å². The van der Waals surface area contributed by atoms with Crippen LogP contribution in [0.5, 0.6) is 0 Å². The van der Waals surface area contributed by atoms with Crippen molar-refractivity contribution in [3.05, 3.63) is 41.5 Å². The zero-order valence-corrected chi connectivity index (χ0v) is 15.0. The SMILES string of the molecule is CCCNC(=O)c1cccc(S(=O)(=O)NCCC2=CCCCC2)c1. The first-order valence-electron chi connectivity index (χ1n) is 8.59. The van der Waals surface area contributed by atoms with Crippen molar-refractivity contribution in [2.75, 3.05) is 13.1 Å². The van der Waals surface area contributed by atoms with Crippen molar-refractivity contribution < 1.29 is 13.2 Å². The Morgan fingerprint density at radius 3 is 2.75 bits per heavy atom. The molecule has 6 heteroatoms. The van der Waals surface area contributed by atoms with Gasteiger partial charge in [-0.2, -0.15) is 0 Å². The Bertz CT molecular complexity index is 696. The highest BCUT2D eigenvalue weighted by Crippen LogP contribution is 2.20. The van der Waals surface area contributed by atoms with Crippen molar-refractivity contribution >= 4 is 15.9 Å². The first kappa shape index (κ1) is 18.7. The minimum Gasteiger partial charge on any atom is -0.352 e. The Balaban J connectivity index is 1.98. The number of amides is 1. The lowest BCUT2D eigenvalue weighted by atomic mass is 9.97. The molecule has 0 aromatic heterocycles. The molecule has 0 saturated carbocycles. The van der Waals surface area contributed by atoms with Crippen LogP contribution in [0.4, 0.5) is 0 Å². The molecule has 0 atom stereocenters. The molecule has 132 valence electrons. The second kappa shape index (κ2) is 8.99. The molecule has 24 heavy (non-hydrogen) atoms. The lowest BCUT2D eigenvalue weighted by Crippen LogP contribution is -2.27. The van der Waals surface area contributed by atoms with Gasteiger partial charge in [0.2, 0.25) is 10.0 Å². The van der Waals surface area contributed by atoms with Crippen LogP contribution < -0.4 is 10.0 Å². The zero-order chi connectivity index (χ0) is 17.4. The molecule has 2 N–H and O–H groups in total. The lowest BCUT2D eigenvalue weighted by Gasteiger charge is -2.13. The fourth-order valence-electron chi connectivity index (χ4n) is 2.71. The van der Waals surface area contributed by atoms with Crippen molar-refractivity contribution in [2.45, 2.75) is 50.3 Å². The van der Waals surface area contributed by atoms with Crippen LogP contribution in [0, 0.1) is 0 Å². The third kappa shape index (κ3) is 5.46. The molecule has 1 amide bonds. The highest BCUT2D eigenvalue weighted by atomic mass is 32.2. The number of carbonyl (C=O) groups excluding carboxylic acids is 1. The summed E-state index contributed by atoms with van der Waals surface area (Å²) in [5.41, 5.74) is 1.69. The van der Waals surface area contributed by atoms with Crippen LogP contribution in [-0.4, -0.2) is 27.4 Å². The second-order valence-corrected chi connectivity index (χ2v) is 7.81. The summed E-state index contributed by atoms with van der Waals surface area (Å²) in [7, 11) is -3.59. The third-order valence-electron chi connectivity index (χ3n) is 4.07. The predicted molar refractivity (Wildman–Crippen MR) is 95.4 cm³/mol. The second-order valence-electron chi connectivity index (χ2n) is 6.04. The summed E-state index contributed by atoms with van der Waals surface area (Å²) < 4.78 is 27.4. The Hall–Kier alpha value is -1.66. The maximum atomic E-state index is 12.4. The van der Waals surface area contributed by atoms with Gasteiger partial charge >= 0.3 is 0 Å². The van der Waals surface area contributed by atoms with E-state index in [4.69, 9.17) is 0 Å². The van der Waals surface area contributed by atoms with Gasteiger partial charge in [-0.15, -0.1) is 0 Å². The summed E-state index contributed by atoms with van der Waals surface area (Å²) in [6.07, 6.45) is 8.37. The molecule has 2 rings (SSSR count). The van der Waals surface area contributed by atoms with Crippen molar-refractivity contribution in [3.8, 4) is 0 Å². The Morgan fingerprint density at radius 1 is 1.21 bits per heavy atom. The van der Waals surface area contributed by atoms with Crippen molar-refractivity contribution in [1.29, 1.82) is 0 Å². The molecule has 1 aromatic rings. The van der Waals surface area contributed by atoms with Gasteiger partial charge in [-0.25, -0.2) is 13.1 Å². The average Bonchev–Trinajstić information content (AvgIpc) is 2.60. The fraction of sp³-hybridized carbons (Fsp3) is 0.500. The van der Waals surface area contributed by atoms with E-state index in [1.165, 1.54) is 30.5 Å². The number of benzene rings is 1. The maximum Gasteiger partial charge on any atom is 0.251 e. The number of allylic oxidation sites excluding steroid dienone is 1. The van der Waals surface area contributed by atoms with Crippen LogP contribution in [0.1, 0.15) is 55.8 Å². The zero-order valence-electron chi connectivity index (χ0n) is 14.2. The molecular formula is C18H26N2O3S. The Kier molecular flexibility index (Phi) is 6.99. The van der Waals surface area contributed by atoms with Crippen molar-refractivity contribution in [3.63, 3.8) is 0 Å². The summed E-state index contributed by atoms with van der Waals surface area (Å²) in [6.45, 7) is 2.93. The summed E-state index contributed by atoms with van der Waals surface area (Å²) in [4.78, 5) is 12.1. The van der Waals surface area contributed by atoms with Crippen LogP contribution in [-0.2, 0) is 10.0 Å². The van der Waals surface area contributed by atoms with Gasteiger partial charge in [0.15, 0.2) is 0 Å². The Morgan fingerprint density at radius 2 is 2.04 bits per heavy atom. The molecule has 1 aliphatic carbocycles. The standard InChI is InChI=1S/C18H26N2O3S/c1-2-12-19-18(21)16-9-6-10-17(14-16)24(22,23)20-13-11-15-7-4-3-5-8-15/h6-7,9-10,14,20H,2-5,8,11-13H2,1H3,(H,19,21). The summed E-state index contributed by atoms with van der Waals surface area (Å²) >= 11 is 0. The molecule has 1 aromatic carbocycles. The van der Waals surface area contributed by atoms with Crippen molar-refractivity contribution in [1.82, 2.24) is 10.0 Å². The number of hydrogen-bond donors (Lipinski definition) is 2. The number of nitrogens with one attached hydrogen (secondary N) is 2. The quantitative estimate of drug-likeness (QED) is 0.708. The predicted octanol–water partition coefficient (Wildman–Crippen LogP) is 3.00. The lowest BCUT2D eigenvalue weighted by molar-refractivity contribution is 0.0953. The number of rotatable bonds is 8. The molecule has 0 fully saturated rings. The summed E-state index contributed by atoms with van der Waals surface area (Å²) in [5.74, 6) is -0.249. The maximum absolute atomic E-state index is 12.4. The smallest absolute Gasteiger partial charge is 0.251 e. The topological polar surface area (TPSA) is 75.3 Å². The van der Waals surface area contributed by atoms with Crippen LogP contribution in [0.15, 0.2) is 40.8 Å². The van der Waals surface area contributed by atoms with E-state index in [1.807, 2.05) is 6.92 Å². The van der Waals surface area contributed by atoms with Gasteiger partial charge in [-0.1, -0.05) is 24.6 Å². The molecule has 0 bridgehead atoms. The van der Waals surface area contributed by atoms with Crippen LogP contribution >= 0.6 is 0 Å². The largest absolute Gasteiger partial charge is 0.352 e. The number of carbonyl (C=O) groups is 1. The normalized spacial score (nSPS) is 15.0. The van der Waals surface area contributed by atoms with Gasteiger partial charge in [0.05, 0.1) is 4.90 Å². The van der Waals surface area contributed by atoms with E-state index in [0.717, 1.165) is 25.7 Å². The van der Waals surface area contributed by atoms with E-state index in [0.29, 0.717) is 18.7 Å². The van der Waals surface area contributed by atoms with Gasteiger partial charge in [-0.3, -0.25) is 4.79 Å². The molecule has 0 heterocycles. The van der Waals surface area contributed by atoms with E-state index in [2.05, 4.69) is 16.1 Å². The average molecular weight is 350 g/mol. The van der Waals surface area contributed by atoms with Crippen LogP contribution in [0.3, 0.4) is 0 Å². The molecule has 0 saturated heterocycles. The molecule has 0 unspecified atom stereocenters. The molecule has 0 spiro atoms. The molecule has 0 aliphatic heterocycles. The molecule has 5 nitrogen and oxygen atoms in total. The minimum atomic E-state index is -3.59. The van der Waals surface area contributed by atoms with Gasteiger partial charge < -0.3 is 5.32 Å². The molecule has 0 radical (unpaired) electrons. The van der Waals surface area contributed by atoms with Crippen molar-refractivity contribution in [2.24, 2.45) is 0 Å². The number of hydrogen-bond acceptors (Lipinski definition) is 3. The van der Waals surface area contributed by atoms with E-state index in [1.54, 1.807) is 12.1 Å². The highest BCUT2D eigenvalue weighted by Gasteiger charge is 2.16. The summed E-state index contributed by atoms with van der Waals surface area (Å²) in [5, 5.41) is 2.75. The minimum absolute atomic E-state index is 0.129. The fourth-order valence-corrected chi connectivity index (χ4v) is 3.78.